The van der Waals surface area contributed by atoms with Crippen LogP contribution in [-0.2, 0) is 0 Å². The van der Waals surface area contributed by atoms with E-state index < -0.39 is 0 Å². The molecule has 1 nitrogen and oxygen atoms in total. The lowest BCUT2D eigenvalue weighted by molar-refractivity contribution is 0.343. The smallest absolute Gasteiger partial charge is 0.0324 e. The second-order valence-electron chi connectivity index (χ2n) is 6.56. The van der Waals surface area contributed by atoms with Crippen molar-refractivity contribution in [3.63, 3.8) is 0 Å². The van der Waals surface area contributed by atoms with Gasteiger partial charge >= 0.3 is 0 Å². The first-order chi connectivity index (χ1) is 9.03. The first-order valence-electron chi connectivity index (χ1n) is 7.85. The summed E-state index contributed by atoms with van der Waals surface area (Å²) in [5.74, 6) is 0. The van der Waals surface area contributed by atoms with Gasteiger partial charge in [-0.3, -0.25) is 0 Å². The Balaban J connectivity index is 2.51. The Hall–Kier alpha value is -0.820. The average Bonchev–Trinajstić information content (AvgIpc) is 2.37. The lowest BCUT2D eigenvalue weighted by Gasteiger charge is -2.29. The van der Waals surface area contributed by atoms with E-state index in [1.165, 1.54) is 44.1 Å². The first kappa shape index (κ1) is 16.2. The first-order valence-corrected chi connectivity index (χ1v) is 7.85. The van der Waals surface area contributed by atoms with E-state index in [4.69, 9.17) is 0 Å². The van der Waals surface area contributed by atoms with Crippen molar-refractivity contribution in [3.05, 3.63) is 35.9 Å². The molecule has 0 amide bonds. The van der Waals surface area contributed by atoms with Crippen molar-refractivity contribution < 1.29 is 0 Å². The molecule has 108 valence electrons. The summed E-state index contributed by atoms with van der Waals surface area (Å²) in [5, 5.41) is 3.76. The summed E-state index contributed by atoms with van der Waals surface area (Å²) >= 11 is 0. The minimum atomic E-state index is 0.171. The van der Waals surface area contributed by atoms with Gasteiger partial charge < -0.3 is 5.32 Å². The zero-order valence-electron chi connectivity index (χ0n) is 13.2. The van der Waals surface area contributed by atoms with E-state index in [9.17, 15) is 0 Å². The fourth-order valence-corrected chi connectivity index (χ4v) is 2.48. The molecule has 1 unspecified atom stereocenters. The Bertz CT molecular complexity index is 323. The standard InChI is InChI=1S/C18H31N/c1-5-6-7-8-12-15-17(19-18(2,3)4)16-13-10-9-11-14-16/h9-11,13-14,17,19H,5-8,12,15H2,1-4H3. The molecule has 1 heteroatoms. The summed E-state index contributed by atoms with van der Waals surface area (Å²) in [6.07, 6.45) is 8.01. The predicted molar refractivity (Wildman–Crippen MR) is 85.4 cm³/mol. The average molecular weight is 261 g/mol. The van der Waals surface area contributed by atoms with Crippen molar-refractivity contribution in [2.24, 2.45) is 0 Å². The Morgan fingerprint density at radius 1 is 0.947 bits per heavy atom. The van der Waals surface area contributed by atoms with Crippen LogP contribution in [0.25, 0.3) is 0 Å². The molecule has 1 aromatic rings. The van der Waals surface area contributed by atoms with Crippen LogP contribution < -0.4 is 5.32 Å². The molecule has 1 aromatic carbocycles. The second kappa shape index (κ2) is 8.37. The molecule has 0 saturated heterocycles. The molecule has 19 heavy (non-hydrogen) atoms. The molecule has 0 spiro atoms. The van der Waals surface area contributed by atoms with E-state index >= 15 is 0 Å². The van der Waals surface area contributed by atoms with Crippen LogP contribution in [-0.4, -0.2) is 5.54 Å². The van der Waals surface area contributed by atoms with Crippen LogP contribution >= 0.6 is 0 Å². The monoisotopic (exact) mass is 261 g/mol. The van der Waals surface area contributed by atoms with Gasteiger partial charge in [0.15, 0.2) is 0 Å². The third kappa shape index (κ3) is 7.37. The topological polar surface area (TPSA) is 12.0 Å². The van der Waals surface area contributed by atoms with Crippen molar-refractivity contribution >= 4 is 0 Å². The van der Waals surface area contributed by atoms with E-state index in [1.54, 1.807) is 0 Å². The van der Waals surface area contributed by atoms with Crippen molar-refractivity contribution in [2.75, 3.05) is 0 Å². The predicted octanol–water partition coefficient (Wildman–Crippen LogP) is 5.48. The number of unbranched alkanes of at least 4 members (excludes halogenated alkanes) is 4. The van der Waals surface area contributed by atoms with Gasteiger partial charge in [0.05, 0.1) is 0 Å². The van der Waals surface area contributed by atoms with Crippen LogP contribution in [0.4, 0.5) is 0 Å². The zero-order valence-corrected chi connectivity index (χ0v) is 13.2. The molecule has 0 saturated carbocycles. The van der Waals surface area contributed by atoms with Crippen LogP contribution in [0.3, 0.4) is 0 Å². The largest absolute Gasteiger partial charge is 0.305 e. The van der Waals surface area contributed by atoms with Gasteiger partial charge in [-0.25, -0.2) is 0 Å². The van der Waals surface area contributed by atoms with Gasteiger partial charge in [0.25, 0.3) is 0 Å². The lowest BCUT2D eigenvalue weighted by atomic mass is 9.96. The zero-order chi connectivity index (χ0) is 14.1. The summed E-state index contributed by atoms with van der Waals surface area (Å²) in [6, 6.07) is 11.4. The van der Waals surface area contributed by atoms with Crippen molar-refractivity contribution in [1.82, 2.24) is 5.32 Å². The molecule has 0 radical (unpaired) electrons. The highest BCUT2D eigenvalue weighted by Gasteiger charge is 2.18. The van der Waals surface area contributed by atoms with Crippen LogP contribution in [0.2, 0.25) is 0 Å². The summed E-state index contributed by atoms with van der Waals surface area (Å²) < 4.78 is 0. The molecule has 1 N–H and O–H groups in total. The summed E-state index contributed by atoms with van der Waals surface area (Å²) in [5.41, 5.74) is 1.59. The Labute approximate surface area is 119 Å². The Morgan fingerprint density at radius 2 is 1.58 bits per heavy atom. The molecule has 0 fully saturated rings. The van der Waals surface area contributed by atoms with E-state index in [-0.39, 0.29) is 5.54 Å². The highest BCUT2D eigenvalue weighted by molar-refractivity contribution is 5.19. The van der Waals surface area contributed by atoms with Gasteiger partial charge in [-0.1, -0.05) is 69.4 Å². The molecule has 1 atom stereocenters. The van der Waals surface area contributed by atoms with Gasteiger partial charge in [0.2, 0.25) is 0 Å². The third-order valence-corrected chi connectivity index (χ3v) is 3.41. The molecular weight excluding hydrogens is 230 g/mol. The fourth-order valence-electron chi connectivity index (χ4n) is 2.48. The van der Waals surface area contributed by atoms with Crippen molar-refractivity contribution in [1.29, 1.82) is 0 Å². The minimum absolute atomic E-state index is 0.171. The number of rotatable bonds is 8. The Kier molecular flexibility index (Phi) is 7.15. The molecule has 0 aliphatic heterocycles. The van der Waals surface area contributed by atoms with Crippen LogP contribution in [0.15, 0.2) is 30.3 Å². The minimum Gasteiger partial charge on any atom is -0.305 e. The highest BCUT2D eigenvalue weighted by Crippen LogP contribution is 2.23. The van der Waals surface area contributed by atoms with E-state index in [2.05, 4.69) is 63.3 Å². The molecule has 0 aromatic heterocycles. The fraction of sp³-hybridized carbons (Fsp3) is 0.667. The van der Waals surface area contributed by atoms with E-state index in [0.29, 0.717) is 6.04 Å². The molecule has 0 aliphatic rings. The second-order valence-corrected chi connectivity index (χ2v) is 6.56. The quantitative estimate of drug-likeness (QED) is 0.611. The number of hydrogen-bond donors (Lipinski definition) is 1. The normalized spacial score (nSPS) is 13.5. The van der Waals surface area contributed by atoms with Crippen LogP contribution in [0.5, 0.6) is 0 Å². The summed E-state index contributed by atoms with van der Waals surface area (Å²) in [7, 11) is 0. The van der Waals surface area contributed by atoms with Gasteiger partial charge in [0.1, 0.15) is 0 Å². The molecule has 0 aliphatic carbocycles. The van der Waals surface area contributed by atoms with Crippen molar-refractivity contribution in [3.8, 4) is 0 Å². The maximum absolute atomic E-state index is 3.76. The maximum Gasteiger partial charge on any atom is 0.0324 e. The van der Waals surface area contributed by atoms with Crippen molar-refractivity contribution in [2.45, 2.75) is 77.8 Å². The number of hydrogen-bond acceptors (Lipinski definition) is 1. The number of nitrogens with one attached hydrogen (secondary N) is 1. The van der Waals surface area contributed by atoms with E-state index in [1.807, 2.05) is 0 Å². The molecule has 0 heterocycles. The van der Waals surface area contributed by atoms with Crippen LogP contribution in [0, 0.1) is 0 Å². The van der Waals surface area contributed by atoms with Gasteiger partial charge in [-0.2, -0.15) is 0 Å². The van der Waals surface area contributed by atoms with Gasteiger partial charge in [-0.15, -0.1) is 0 Å². The van der Waals surface area contributed by atoms with Gasteiger partial charge in [-0.05, 0) is 32.8 Å². The highest BCUT2D eigenvalue weighted by atomic mass is 15.0. The van der Waals surface area contributed by atoms with E-state index in [0.717, 1.165) is 0 Å². The van der Waals surface area contributed by atoms with Crippen LogP contribution in [0.1, 0.15) is 77.8 Å². The Morgan fingerprint density at radius 3 is 2.16 bits per heavy atom. The SMILES string of the molecule is CCCCCCCC(NC(C)(C)C)c1ccccc1. The molecule has 1 rings (SSSR count). The van der Waals surface area contributed by atoms with Gasteiger partial charge in [0, 0.05) is 11.6 Å². The summed E-state index contributed by atoms with van der Waals surface area (Å²) in [4.78, 5) is 0. The molecular formula is C18H31N. The lowest BCUT2D eigenvalue weighted by Crippen LogP contribution is -2.38. The third-order valence-electron chi connectivity index (χ3n) is 3.41. The maximum atomic E-state index is 3.76. The molecule has 0 bridgehead atoms. The summed E-state index contributed by atoms with van der Waals surface area (Å²) in [6.45, 7) is 9.02. The number of benzene rings is 1.